The van der Waals surface area contributed by atoms with Crippen molar-refractivity contribution in [3.05, 3.63) is 40.7 Å². The van der Waals surface area contributed by atoms with E-state index in [9.17, 15) is 13.9 Å². The molecule has 5 unspecified atom stereocenters. The molecule has 5 N–H and O–H groups in total. The second kappa shape index (κ2) is 8.56. The van der Waals surface area contributed by atoms with Gasteiger partial charge in [-0.25, -0.2) is 8.78 Å². The maximum atomic E-state index is 13.6. The minimum absolute atomic E-state index is 0.00431. The lowest BCUT2D eigenvalue weighted by Crippen LogP contribution is -2.43. The monoisotopic (exact) mass is 468 g/mol. The van der Waals surface area contributed by atoms with E-state index in [0.29, 0.717) is 30.2 Å². The van der Waals surface area contributed by atoms with Crippen molar-refractivity contribution >= 4 is 28.9 Å². The van der Waals surface area contributed by atoms with Crippen LogP contribution < -0.4 is 21.3 Å². The zero-order valence-corrected chi connectivity index (χ0v) is 17.7. The molecule has 2 aliphatic carbocycles. The smallest absolute Gasteiger partial charge is 0.226 e. The summed E-state index contributed by atoms with van der Waals surface area (Å²) in [4.78, 5) is 8.63. The van der Waals surface area contributed by atoms with E-state index in [1.54, 1.807) is 11.1 Å². The maximum absolute atomic E-state index is 13.6. The van der Waals surface area contributed by atoms with Crippen molar-refractivity contribution in [3.8, 4) is 0 Å². The van der Waals surface area contributed by atoms with Gasteiger partial charge in [-0.15, -0.1) is 5.53 Å². The Labute approximate surface area is 187 Å². The number of halogens is 3. The number of ether oxygens (including phenoxy) is 1. The molecule has 0 bridgehead atoms. The van der Waals surface area contributed by atoms with Gasteiger partial charge in [-0.3, -0.25) is 10.4 Å². The van der Waals surface area contributed by atoms with Gasteiger partial charge in [-0.05, 0) is 48.6 Å². The predicted molar refractivity (Wildman–Crippen MR) is 113 cm³/mol. The van der Waals surface area contributed by atoms with E-state index in [4.69, 9.17) is 21.4 Å². The van der Waals surface area contributed by atoms with Gasteiger partial charge in [0.25, 0.3) is 0 Å². The molecular formula is C20H23ClF2N6O3. The minimum Gasteiger partial charge on any atom is -0.394 e. The molecule has 5 atom stereocenters. The van der Waals surface area contributed by atoms with Gasteiger partial charge in [0.2, 0.25) is 5.28 Å². The summed E-state index contributed by atoms with van der Waals surface area (Å²) >= 11 is 6.18. The molecule has 0 radical (unpaired) electrons. The summed E-state index contributed by atoms with van der Waals surface area (Å²) in [6.45, 7) is 0.0596. The molecule has 1 aromatic heterocycles. The molecule has 2 heterocycles. The van der Waals surface area contributed by atoms with Crippen LogP contribution in [0.4, 0.5) is 26.1 Å². The molecule has 1 aliphatic heterocycles. The van der Waals surface area contributed by atoms with Gasteiger partial charge in [0, 0.05) is 12.0 Å². The molecule has 9 nitrogen and oxygen atoms in total. The summed E-state index contributed by atoms with van der Waals surface area (Å²) in [5, 5.41) is 24.4. The Morgan fingerprint density at radius 2 is 2.06 bits per heavy atom. The van der Waals surface area contributed by atoms with E-state index in [1.165, 1.54) is 6.07 Å². The SMILES string of the molecule is OCCOC1CC(N2NNc3c(NC4CC4c4ccc(F)c(F)c4)nc(Cl)nc32)CC1O. The van der Waals surface area contributed by atoms with Crippen LogP contribution in [0, 0.1) is 11.6 Å². The number of hydrogen-bond donors (Lipinski definition) is 5. The van der Waals surface area contributed by atoms with Gasteiger partial charge in [0.15, 0.2) is 23.3 Å². The third-order valence-corrected chi connectivity index (χ3v) is 6.28. The van der Waals surface area contributed by atoms with E-state index in [2.05, 4.69) is 26.2 Å². The number of fused-ring (bicyclic) bond motifs is 1. The highest BCUT2D eigenvalue weighted by atomic mass is 35.5. The first-order chi connectivity index (χ1) is 15.4. The third-order valence-electron chi connectivity index (χ3n) is 6.11. The van der Waals surface area contributed by atoms with E-state index >= 15 is 0 Å². The maximum Gasteiger partial charge on any atom is 0.226 e. The van der Waals surface area contributed by atoms with Crippen molar-refractivity contribution in [2.24, 2.45) is 0 Å². The molecule has 2 saturated carbocycles. The Bertz CT molecular complexity index is 1020. The highest BCUT2D eigenvalue weighted by Gasteiger charge is 2.43. The highest BCUT2D eigenvalue weighted by molar-refractivity contribution is 6.28. The molecule has 0 amide bonds. The Balaban J connectivity index is 1.30. The zero-order valence-electron chi connectivity index (χ0n) is 16.9. The van der Waals surface area contributed by atoms with Crippen molar-refractivity contribution in [2.75, 3.05) is 29.0 Å². The minimum atomic E-state index is -0.865. The van der Waals surface area contributed by atoms with Crippen molar-refractivity contribution in [3.63, 3.8) is 0 Å². The summed E-state index contributed by atoms with van der Waals surface area (Å²) in [5.41, 5.74) is 7.44. The number of aromatic nitrogens is 2. The van der Waals surface area contributed by atoms with Crippen LogP contribution in [0.25, 0.3) is 0 Å². The molecule has 2 fully saturated rings. The fourth-order valence-electron chi connectivity index (χ4n) is 4.44. The number of benzene rings is 1. The average molecular weight is 469 g/mol. The quantitative estimate of drug-likeness (QED) is 0.389. The van der Waals surface area contributed by atoms with Gasteiger partial charge in [-0.2, -0.15) is 9.97 Å². The molecular weight excluding hydrogens is 446 g/mol. The van der Waals surface area contributed by atoms with Crippen molar-refractivity contribution in [1.82, 2.24) is 15.5 Å². The predicted octanol–water partition coefficient (Wildman–Crippen LogP) is 1.93. The fraction of sp³-hybridized carbons (Fsp3) is 0.500. The first kappa shape index (κ1) is 21.5. The lowest BCUT2D eigenvalue weighted by Gasteiger charge is -2.24. The number of nitrogens with one attached hydrogen (secondary N) is 3. The Hall–Kier alpha value is -2.31. The molecule has 32 heavy (non-hydrogen) atoms. The summed E-state index contributed by atoms with van der Waals surface area (Å²) in [6.07, 6.45) is 0.708. The van der Waals surface area contributed by atoms with Gasteiger partial charge in [0.1, 0.15) is 5.69 Å². The zero-order chi connectivity index (χ0) is 22.4. The number of anilines is 3. The molecule has 0 spiro atoms. The van der Waals surface area contributed by atoms with Gasteiger partial charge < -0.3 is 20.3 Å². The van der Waals surface area contributed by atoms with Gasteiger partial charge in [-0.1, -0.05) is 6.07 Å². The molecule has 3 aliphatic rings. The first-order valence-corrected chi connectivity index (χ1v) is 10.8. The number of hydrazine groups is 2. The second-order valence-electron chi connectivity index (χ2n) is 8.24. The van der Waals surface area contributed by atoms with Crippen LogP contribution in [0.5, 0.6) is 0 Å². The molecule has 12 heteroatoms. The van der Waals surface area contributed by atoms with Gasteiger partial charge >= 0.3 is 0 Å². The summed E-state index contributed by atoms with van der Waals surface area (Å²) in [7, 11) is 0. The van der Waals surface area contributed by atoms with E-state index in [0.717, 1.165) is 18.1 Å². The molecule has 172 valence electrons. The Morgan fingerprint density at radius 3 is 2.84 bits per heavy atom. The number of aliphatic hydroxyl groups is 2. The second-order valence-corrected chi connectivity index (χ2v) is 8.58. The summed E-state index contributed by atoms with van der Waals surface area (Å²) in [6, 6.07) is 3.83. The average Bonchev–Trinajstić information content (AvgIpc) is 3.23. The van der Waals surface area contributed by atoms with Crippen LogP contribution in [-0.4, -0.2) is 57.7 Å². The lowest BCUT2D eigenvalue weighted by atomic mass is 10.1. The van der Waals surface area contributed by atoms with Crippen LogP contribution in [0.3, 0.4) is 0 Å². The van der Waals surface area contributed by atoms with Crippen LogP contribution in [0.15, 0.2) is 18.2 Å². The fourth-order valence-corrected chi connectivity index (χ4v) is 4.60. The van der Waals surface area contributed by atoms with Crippen LogP contribution in [-0.2, 0) is 4.74 Å². The number of nitrogens with zero attached hydrogens (tertiary/aromatic N) is 3. The van der Waals surface area contributed by atoms with Crippen molar-refractivity contribution in [2.45, 2.75) is 49.5 Å². The van der Waals surface area contributed by atoms with E-state index in [1.807, 2.05) is 0 Å². The standard InChI is InChI=1S/C20H23ClF2N6O3/c21-20-25-18(24-14-8-11(14)9-1-2-12(22)13(23)5-9)17-19(26-20)29(28-27-17)10-6-15(31)16(7-10)32-4-3-30/h1-2,5,10-11,14-16,27-28,30-31H,3-4,6-8H2,(H,24,25,26). The van der Waals surface area contributed by atoms with Crippen LogP contribution in [0.1, 0.15) is 30.7 Å². The normalized spacial score (nSPS) is 28.5. The molecule has 5 rings (SSSR count). The van der Waals surface area contributed by atoms with Gasteiger partial charge in [0.05, 0.1) is 31.5 Å². The number of rotatable bonds is 7. The molecule has 1 aromatic carbocycles. The third kappa shape index (κ3) is 4.06. The van der Waals surface area contributed by atoms with E-state index < -0.39 is 17.7 Å². The largest absolute Gasteiger partial charge is 0.394 e. The van der Waals surface area contributed by atoms with Crippen LogP contribution in [0.2, 0.25) is 5.28 Å². The molecule has 0 saturated heterocycles. The van der Waals surface area contributed by atoms with E-state index in [-0.39, 0.29) is 42.6 Å². The first-order valence-electron chi connectivity index (χ1n) is 10.4. The highest BCUT2D eigenvalue weighted by Crippen LogP contribution is 2.46. The number of aliphatic hydroxyl groups excluding tert-OH is 2. The summed E-state index contributed by atoms with van der Waals surface area (Å²) in [5.74, 6) is -0.653. The molecule has 2 aromatic rings. The summed E-state index contributed by atoms with van der Waals surface area (Å²) < 4.78 is 32.3. The lowest BCUT2D eigenvalue weighted by molar-refractivity contribution is -0.0302. The Morgan fingerprint density at radius 1 is 1.22 bits per heavy atom. The van der Waals surface area contributed by atoms with Crippen molar-refractivity contribution < 1.29 is 23.7 Å². The van der Waals surface area contributed by atoms with Crippen LogP contribution >= 0.6 is 11.6 Å². The topological polar surface area (TPSA) is 115 Å². The Kier molecular flexibility index (Phi) is 5.76. The van der Waals surface area contributed by atoms with Crippen molar-refractivity contribution in [1.29, 1.82) is 0 Å². The number of hydrogen-bond acceptors (Lipinski definition) is 9.